The SMILES string of the molecule is Cc1ccc2nc(Cl)n(-c3cccc(C(F)(F)F)c3)c(=O)c2c1. The summed E-state index contributed by atoms with van der Waals surface area (Å²) in [5.41, 5.74) is -0.112. The number of halogens is 4. The van der Waals surface area contributed by atoms with Crippen molar-refractivity contribution in [3.05, 3.63) is 69.2 Å². The van der Waals surface area contributed by atoms with Gasteiger partial charge in [-0.3, -0.25) is 9.36 Å². The van der Waals surface area contributed by atoms with Crippen molar-refractivity contribution in [3.8, 4) is 5.69 Å². The average molecular weight is 339 g/mol. The number of alkyl halides is 3. The maximum Gasteiger partial charge on any atom is 0.416 e. The summed E-state index contributed by atoms with van der Waals surface area (Å²) in [5.74, 6) is 0. The highest BCUT2D eigenvalue weighted by Crippen LogP contribution is 2.30. The molecule has 0 fully saturated rings. The van der Waals surface area contributed by atoms with Gasteiger partial charge in [-0.2, -0.15) is 13.2 Å². The van der Waals surface area contributed by atoms with Gasteiger partial charge in [0.1, 0.15) is 0 Å². The molecule has 3 rings (SSSR count). The van der Waals surface area contributed by atoms with Gasteiger partial charge in [0, 0.05) is 0 Å². The van der Waals surface area contributed by atoms with Gasteiger partial charge >= 0.3 is 6.18 Å². The molecule has 0 bridgehead atoms. The molecular weight excluding hydrogens is 329 g/mol. The molecule has 0 radical (unpaired) electrons. The number of aromatic nitrogens is 2. The Morgan fingerprint density at radius 1 is 1.13 bits per heavy atom. The lowest BCUT2D eigenvalue weighted by Gasteiger charge is -2.12. The highest BCUT2D eigenvalue weighted by molar-refractivity contribution is 6.29. The van der Waals surface area contributed by atoms with Crippen molar-refractivity contribution in [2.45, 2.75) is 13.1 Å². The van der Waals surface area contributed by atoms with E-state index in [4.69, 9.17) is 11.6 Å². The monoisotopic (exact) mass is 338 g/mol. The number of hydrogen-bond acceptors (Lipinski definition) is 2. The summed E-state index contributed by atoms with van der Waals surface area (Å²) in [4.78, 5) is 16.7. The maximum atomic E-state index is 12.9. The lowest BCUT2D eigenvalue weighted by molar-refractivity contribution is -0.137. The molecule has 2 aromatic carbocycles. The summed E-state index contributed by atoms with van der Waals surface area (Å²) in [6.07, 6.45) is -4.51. The third-order valence-electron chi connectivity index (χ3n) is 3.41. The fourth-order valence-electron chi connectivity index (χ4n) is 2.32. The molecule has 0 spiro atoms. The Balaban J connectivity index is 2.30. The molecule has 0 aliphatic rings. The molecule has 3 nitrogen and oxygen atoms in total. The Bertz CT molecular complexity index is 964. The second kappa shape index (κ2) is 5.38. The molecule has 7 heteroatoms. The van der Waals surface area contributed by atoms with E-state index in [0.29, 0.717) is 10.9 Å². The Labute approximate surface area is 134 Å². The van der Waals surface area contributed by atoms with Crippen LogP contribution in [0.1, 0.15) is 11.1 Å². The number of benzene rings is 2. The van der Waals surface area contributed by atoms with E-state index in [1.807, 2.05) is 6.92 Å². The van der Waals surface area contributed by atoms with Crippen molar-refractivity contribution in [1.82, 2.24) is 9.55 Å². The first-order valence-corrected chi connectivity index (χ1v) is 7.02. The van der Waals surface area contributed by atoms with Crippen LogP contribution in [0.4, 0.5) is 13.2 Å². The predicted octanol–water partition coefficient (Wildman–Crippen LogP) is 4.37. The first kappa shape index (κ1) is 15.6. The number of hydrogen-bond donors (Lipinski definition) is 0. The molecule has 3 aromatic rings. The normalized spacial score (nSPS) is 11.9. The fourth-order valence-corrected chi connectivity index (χ4v) is 2.58. The molecule has 0 N–H and O–H groups in total. The Hall–Kier alpha value is -2.34. The molecule has 0 saturated heterocycles. The van der Waals surface area contributed by atoms with Crippen molar-refractivity contribution in [2.75, 3.05) is 0 Å². The van der Waals surface area contributed by atoms with Crippen LogP contribution in [0.25, 0.3) is 16.6 Å². The highest BCUT2D eigenvalue weighted by Gasteiger charge is 2.30. The molecule has 0 saturated carbocycles. The quantitative estimate of drug-likeness (QED) is 0.618. The van der Waals surface area contributed by atoms with E-state index in [1.54, 1.807) is 18.2 Å². The van der Waals surface area contributed by atoms with Crippen molar-refractivity contribution in [3.63, 3.8) is 0 Å². The van der Waals surface area contributed by atoms with Gasteiger partial charge in [-0.15, -0.1) is 0 Å². The zero-order valence-corrected chi connectivity index (χ0v) is 12.6. The second-order valence-corrected chi connectivity index (χ2v) is 5.43. The zero-order valence-electron chi connectivity index (χ0n) is 11.9. The van der Waals surface area contributed by atoms with E-state index < -0.39 is 17.3 Å². The largest absolute Gasteiger partial charge is 0.416 e. The third-order valence-corrected chi connectivity index (χ3v) is 3.67. The van der Waals surface area contributed by atoms with Gasteiger partial charge < -0.3 is 0 Å². The maximum absolute atomic E-state index is 12.9. The van der Waals surface area contributed by atoms with E-state index in [-0.39, 0.29) is 11.0 Å². The van der Waals surface area contributed by atoms with Crippen molar-refractivity contribution in [2.24, 2.45) is 0 Å². The van der Waals surface area contributed by atoms with Crippen LogP contribution in [0.3, 0.4) is 0 Å². The first-order chi connectivity index (χ1) is 10.8. The zero-order chi connectivity index (χ0) is 16.8. The topological polar surface area (TPSA) is 34.9 Å². The van der Waals surface area contributed by atoms with E-state index in [0.717, 1.165) is 22.3 Å². The summed E-state index contributed by atoms with van der Waals surface area (Å²) in [6.45, 7) is 1.81. The summed E-state index contributed by atoms with van der Waals surface area (Å²) in [5, 5.41) is 0.109. The Kier molecular flexibility index (Phi) is 3.64. The molecule has 0 aliphatic heterocycles. The standard InChI is InChI=1S/C16H10ClF3N2O/c1-9-5-6-13-12(7-9)14(23)22(15(17)21-13)11-4-2-3-10(8-11)16(18,19)20/h2-8H,1H3. The van der Waals surface area contributed by atoms with Gasteiger partial charge in [0.15, 0.2) is 0 Å². The molecule has 0 amide bonds. The van der Waals surface area contributed by atoms with Crippen LogP contribution < -0.4 is 5.56 Å². The minimum Gasteiger partial charge on any atom is -0.268 e. The molecule has 23 heavy (non-hydrogen) atoms. The molecule has 1 aromatic heterocycles. The minimum atomic E-state index is -4.51. The van der Waals surface area contributed by atoms with Gasteiger partial charge in [0.05, 0.1) is 22.2 Å². The van der Waals surface area contributed by atoms with Crippen molar-refractivity contribution in [1.29, 1.82) is 0 Å². The third kappa shape index (κ3) is 2.82. The van der Waals surface area contributed by atoms with Gasteiger partial charge in [-0.1, -0.05) is 17.7 Å². The van der Waals surface area contributed by atoms with Gasteiger partial charge in [0.25, 0.3) is 5.56 Å². The summed E-state index contributed by atoms with van der Waals surface area (Å²) >= 11 is 6.02. The van der Waals surface area contributed by atoms with Crippen LogP contribution in [0.15, 0.2) is 47.3 Å². The van der Waals surface area contributed by atoms with Crippen LogP contribution in [0.2, 0.25) is 5.28 Å². The van der Waals surface area contributed by atoms with E-state index in [9.17, 15) is 18.0 Å². The van der Waals surface area contributed by atoms with Crippen molar-refractivity contribution < 1.29 is 13.2 Å². The molecule has 0 atom stereocenters. The Morgan fingerprint density at radius 2 is 1.87 bits per heavy atom. The van der Waals surface area contributed by atoms with Crippen LogP contribution in [-0.2, 0) is 6.18 Å². The Morgan fingerprint density at radius 3 is 2.57 bits per heavy atom. The van der Waals surface area contributed by atoms with Gasteiger partial charge in [0.2, 0.25) is 5.28 Å². The number of aryl methyl sites for hydroxylation is 1. The minimum absolute atomic E-state index is 0.0192. The van der Waals surface area contributed by atoms with Crippen LogP contribution in [0.5, 0.6) is 0 Å². The first-order valence-electron chi connectivity index (χ1n) is 6.64. The summed E-state index contributed by atoms with van der Waals surface area (Å²) in [7, 11) is 0. The van der Waals surface area contributed by atoms with Gasteiger partial charge in [-0.05, 0) is 48.9 Å². The van der Waals surface area contributed by atoms with E-state index >= 15 is 0 Å². The fraction of sp³-hybridized carbons (Fsp3) is 0.125. The van der Waals surface area contributed by atoms with Gasteiger partial charge in [-0.25, -0.2) is 4.98 Å². The lowest BCUT2D eigenvalue weighted by atomic mass is 10.1. The number of nitrogens with zero attached hydrogens (tertiary/aromatic N) is 2. The van der Waals surface area contributed by atoms with Crippen LogP contribution >= 0.6 is 11.6 Å². The second-order valence-electron chi connectivity index (χ2n) is 5.09. The van der Waals surface area contributed by atoms with E-state index in [2.05, 4.69) is 4.98 Å². The van der Waals surface area contributed by atoms with Crippen LogP contribution in [0, 0.1) is 6.92 Å². The smallest absolute Gasteiger partial charge is 0.268 e. The average Bonchev–Trinajstić information content (AvgIpc) is 2.48. The molecule has 1 heterocycles. The van der Waals surface area contributed by atoms with Crippen LogP contribution in [-0.4, -0.2) is 9.55 Å². The van der Waals surface area contributed by atoms with Crippen molar-refractivity contribution >= 4 is 22.5 Å². The predicted molar refractivity (Wildman–Crippen MR) is 82.1 cm³/mol. The van der Waals surface area contributed by atoms with E-state index in [1.165, 1.54) is 12.1 Å². The summed E-state index contributed by atoms with van der Waals surface area (Å²) in [6, 6.07) is 9.46. The lowest BCUT2D eigenvalue weighted by Crippen LogP contribution is -2.21. The number of fused-ring (bicyclic) bond motifs is 1. The molecule has 0 aliphatic carbocycles. The highest BCUT2D eigenvalue weighted by atomic mass is 35.5. The molecule has 118 valence electrons. The molecule has 0 unspecified atom stereocenters. The number of rotatable bonds is 1. The summed E-state index contributed by atoms with van der Waals surface area (Å²) < 4.78 is 39.5. The molecular formula is C16H10ClF3N2O.